The van der Waals surface area contributed by atoms with E-state index < -0.39 is 0 Å². The van der Waals surface area contributed by atoms with Crippen molar-refractivity contribution in [2.45, 2.75) is 19.8 Å². The normalized spacial score (nSPS) is 18.5. The SMILES string of the molecule is Cc1ccc(-c2csc(NC(=O)CN3CCCC(CO)C3)n2)cc1. The number of carbonyl (C=O) groups excluding carboxylic acids is 1. The van der Waals surface area contributed by atoms with Gasteiger partial charge in [0.25, 0.3) is 0 Å². The van der Waals surface area contributed by atoms with Gasteiger partial charge in [0.1, 0.15) is 0 Å². The van der Waals surface area contributed by atoms with Crippen LogP contribution in [0, 0.1) is 12.8 Å². The van der Waals surface area contributed by atoms with E-state index >= 15 is 0 Å². The number of rotatable bonds is 5. The lowest BCUT2D eigenvalue weighted by molar-refractivity contribution is -0.117. The molecule has 1 unspecified atom stereocenters. The summed E-state index contributed by atoms with van der Waals surface area (Å²) in [5.74, 6) is 0.248. The molecule has 0 bridgehead atoms. The van der Waals surface area contributed by atoms with Gasteiger partial charge in [-0.1, -0.05) is 29.8 Å². The molecule has 2 N–H and O–H groups in total. The van der Waals surface area contributed by atoms with Gasteiger partial charge in [0.2, 0.25) is 5.91 Å². The molecule has 1 aromatic heterocycles. The van der Waals surface area contributed by atoms with E-state index in [1.807, 2.05) is 17.5 Å². The first kappa shape index (κ1) is 17.1. The highest BCUT2D eigenvalue weighted by atomic mass is 32.1. The molecule has 1 aliphatic rings. The molecule has 1 atom stereocenters. The second kappa shape index (κ2) is 7.88. The fourth-order valence-corrected chi connectivity index (χ4v) is 3.73. The zero-order valence-electron chi connectivity index (χ0n) is 13.9. The third-order valence-electron chi connectivity index (χ3n) is 4.33. The second-order valence-electron chi connectivity index (χ2n) is 6.38. The standard InChI is InChI=1S/C18H23N3O2S/c1-13-4-6-15(7-5-13)16-12-24-18(19-16)20-17(23)10-21-8-2-3-14(9-21)11-22/h4-7,12,14,22H,2-3,8-11H2,1H3,(H,19,20,23). The molecule has 0 aliphatic carbocycles. The van der Waals surface area contributed by atoms with Crippen molar-refractivity contribution in [2.24, 2.45) is 5.92 Å². The Morgan fingerprint density at radius 2 is 2.21 bits per heavy atom. The Morgan fingerprint density at radius 1 is 1.42 bits per heavy atom. The van der Waals surface area contributed by atoms with Gasteiger partial charge in [-0.2, -0.15) is 0 Å². The highest BCUT2D eigenvalue weighted by Crippen LogP contribution is 2.25. The number of nitrogens with zero attached hydrogens (tertiary/aromatic N) is 2. The van der Waals surface area contributed by atoms with Crippen molar-refractivity contribution in [3.05, 3.63) is 35.2 Å². The van der Waals surface area contributed by atoms with Crippen LogP contribution in [0.2, 0.25) is 0 Å². The van der Waals surface area contributed by atoms with Gasteiger partial charge in [-0.3, -0.25) is 9.69 Å². The number of nitrogens with one attached hydrogen (secondary N) is 1. The van der Waals surface area contributed by atoms with E-state index in [1.165, 1.54) is 16.9 Å². The Kier molecular flexibility index (Phi) is 5.60. The monoisotopic (exact) mass is 345 g/mol. The molecule has 2 heterocycles. The van der Waals surface area contributed by atoms with Gasteiger partial charge in [-0.25, -0.2) is 4.98 Å². The lowest BCUT2D eigenvalue weighted by atomic mass is 9.99. The predicted molar refractivity (Wildman–Crippen MR) is 97.2 cm³/mol. The van der Waals surface area contributed by atoms with Crippen LogP contribution < -0.4 is 5.32 Å². The van der Waals surface area contributed by atoms with Gasteiger partial charge in [-0.05, 0) is 32.2 Å². The molecule has 5 nitrogen and oxygen atoms in total. The number of hydrogen-bond acceptors (Lipinski definition) is 5. The number of piperidine rings is 1. The summed E-state index contributed by atoms with van der Waals surface area (Å²) in [5, 5.41) is 14.8. The first-order valence-corrected chi connectivity index (χ1v) is 9.17. The van der Waals surface area contributed by atoms with Crippen LogP contribution in [0.4, 0.5) is 5.13 Å². The van der Waals surface area contributed by atoms with Crippen LogP contribution in [0.5, 0.6) is 0 Å². The molecular formula is C18H23N3O2S. The van der Waals surface area contributed by atoms with Crippen LogP contribution in [0.15, 0.2) is 29.6 Å². The first-order chi connectivity index (χ1) is 11.6. The molecule has 128 valence electrons. The van der Waals surface area contributed by atoms with E-state index in [1.54, 1.807) is 0 Å². The van der Waals surface area contributed by atoms with Crippen LogP contribution >= 0.6 is 11.3 Å². The summed E-state index contributed by atoms with van der Waals surface area (Å²) in [6, 6.07) is 8.19. The Balaban J connectivity index is 1.56. The Morgan fingerprint density at radius 3 is 2.96 bits per heavy atom. The van der Waals surface area contributed by atoms with Gasteiger partial charge >= 0.3 is 0 Å². The highest BCUT2D eigenvalue weighted by molar-refractivity contribution is 7.14. The van der Waals surface area contributed by atoms with E-state index in [2.05, 4.69) is 34.3 Å². The minimum absolute atomic E-state index is 0.0432. The lowest BCUT2D eigenvalue weighted by Crippen LogP contribution is -2.41. The van der Waals surface area contributed by atoms with Gasteiger partial charge < -0.3 is 10.4 Å². The molecule has 1 fully saturated rings. The number of aliphatic hydroxyl groups is 1. The average molecular weight is 345 g/mol. The number of anilines is 1. The van der Waals surface area contributed by atoms with Crippen molar-refractivity contribution in [1.82, 2.24) is 9.88 Å². The summed E-state index contributed by atoms with van der Waals surface area (Å²) in [5.41, 5.74) is 3.15. The van der Waals surface area contributed by atoms with E-state index in [-0.39, 0.29) is 12.5 Å². The zero-order chi connectivity index (χ0) is 16.9. The largest absolute Gasteiger partial charge is 0.396 e. The summed E-state index contributed by atoms with van der Waals surface area (Å²) in [4.78, 5) is 18.8. The summed E-state index contributed by atoms with van der Waals surface area (Å²) >= 11 is 1.44. The quantitative estimate of drug-likeness (QED) is 0.874. The van der Waals surface area contributed by atoms with Crippen molar-refractivity contribution < 1.29 is 9.90 Å². The predicted octanol–water partition coefficient (Wildman–Crippen LogP) is 2.76. The summed E-state index contributed by atoms with van der Waals surface area (Å²) < 4.78 is 0. The van der Waals surface area contributed by atoms with E-state index in [9.17, 15) is 9.90 Å². The van der Waals surface area contributed by atoms with Crippen molar-refractivity contribution in [1.29, 1.82) is 0 Å². The van der Waals surface area contributed by atoms with Crippen LogP contribution in [0.25, 0.3) is 11.3 Å². The van der Waals surface area contributed by atoms with E-state index in [0.29, 0.717) is 17.6 Å². The maximum atomic E-state index is 12.2. The summed E-state index contributed by atoms with van der Waals surface area (Å²) in [6.07, 6.45) is 2.08. The summed E-state index contributed by atoms with van der Waals surface area (Å²) in [6.45, 7) is 4.31. The fraction of sp³-hybridized carbons (Fsp3) is 0.444. The number of thiazole rings is 1. The zero-order valence-corrected chi connectivity index (χ0v) is 14.7. The Hall–Kier alpha value is -1.76. The molecule has 0 spiro atoms. The van der Waals surface area contributed by atoms with E-state index in [4.69, 9.17) is 0 Å². The number of carbonyl (C=O) groups is 1. The Labute approximate surface area is 146 Å². The number of aryl methyl sites for hydroxylation is 1. The number of amides is 1. The maximum Gasteiger partial charge on any atom is 0.240 e. The number of likely N-dealkylation sites (tertiary alicyclic amines) is 1. The minimum Gasteiger partial charge on any atom is -0.396 e. The molecular weight excluding hydrogens is 322 g/mol. The van der Waals surface area contributed by atoms with Crippen LogP contribution in [0.1, 0.15) is 18.4 Å². The van der Waals surface area contributed by atoms with Crippen molar-refractivity contribution >= 4 is 22.4 Å². The minimum atomic E-state index is -0.0432. The molecule has 1 aromatic carbocycles. The molecule has 3 rings (SSSR count). The smallest absolute Gasteiger partial charge is 0.240 e. The van der Waals surface area contributed by atoms with Crippen LogP contribution in [0.3, 0.4) is 0 Å². The van der Waals surface area contributed by atoms with Crippen LogP contribution in [-0.2, 0) is 4.79 Å². The maximum absolute atomic E-state index is 12.2. The van der Waals surface area contributed by atoms with Gasteiger partial charge in [0.05, 0.1) is 12.2 Å². The molecule has 1 amide bonds. The summed E-state index contributed by atoms with van der Waals surface area (Å²) in [7, 11) is 0. The van der Waals surface area contributed by atoms with Crippen LogP contribution in [-0.4, -0.2) is 47.1 Å². The number of benzene rings is 1. The first-order valence-electron chi connectivity index (χ1n) is 8.29. The molecule has 0 radical (unpaired) electrons. The Bertz CT molecular complexity index is 684. The molecule has 1 saturated heterocycles. The molecule has 1 aliphatic heterocycles. The average Bonchev–Trinajstić information content (AvgIpc) is 3.04. The number of hydrogen-bond donors (Lipinski definition) is 2. The third-order valence-corrected chi connectivity index (χ3v) is 5.08. The van der Waals surface area contributed by atoms with Crippen molar-refractivity contribution in [3.8, 4) is 11.3 Å². The molecule has 2 aromatic rings. The van der Waals surface area contributed by atoms with Gasteiger partial charge in [-0.15, -0.1) is 11.3 Å². The molecule has 0 saturated carbocycles. The number of aromatic nitrogens is 1. The van der Waals surface area contributed by atoms with Gasteiger partial charge in [0, 0.05) is 24.1 Å². The van der Waals surface area contributed by atoms with E-state index in [0.717, 1.165) is 37.2 Å². The molecule has 6 heteroatoms. The number of aliphatic hydroxyl groups excluding tert-OH is 1. The third kappa shape index (κ3) is 4.41. The lowest BCUT2D eigenvalue weighted by Gasteiger charge is -2.30. The topological polar surface area (TPSA) is 65.5 Å². The van der Waals surface area contributed by atoms with Crippen molar-refractivity contribution in [2.75, 3.05) is 31.6 Å². The van der Waals surface area contributed by atoms with Crippen molar-refractivity contribution in [3.63, 3.8) is 0 Å². The van der Waals surface area contributed by atoms with Gasteiger partial charge in [0.15, 0.2) is 5.13 Å². The second-order valence-corrected chi connectivity index (χ2v) is 7.24. The highest BCUT2D eigenvalue weighted by Gasteiger charge is 2.21. The molecule has 24 heavy (non-hydrogen) atoms. The fourth-order valence-electron chi connectivity index (χ4n) is 2.99.